The monoisotopic (exact) mass is 1020 g/mol. The van der Waals surface area contributed by atoms with Crippen LogP contribution in [0.4, 0.5) is 61.6 Å². The zero-order valence-corrected chi connectivity index (χ0v) is 39.5. The number of carbonyl (C=O) groups excluding carboxylic acids is 2. The van der Waals surface area contributed by atoms with E-state index in [0.717, 1.165) is 44.1 Å². The molecule has 1 fully saturated rings. The van der Waals surface area contributed by atoms with Crippen molar-refractivity contribution < 1.29 is 45.0 Å². The van der Waals surface area contributed by atoms with Crippen LogP contribution < -0.4 is 25.1 Å². The van der Waals surface area contributed by atoms with Crippen molar-refractivity contribution in [2.75, 3.05) is 73.1 Å². The normalized spacial score (nSPS) is 15.0. The van der Waals surface area contributed by atoms with E-state index in [-0.39, 0.29) is 73.6 Å². The molecule has 2 amide bonds. The van der Waals surface area contributed by atoms with E-state index in [4.69, 9.17) is 4.42 Å². The largest absolute Gasteiger partial charge is 0.389 e. The summed E-state index contributed by atoms with van der Waals surface area (Å²) in [4.78, 5) is 46.0. The number of likely N-dealkylation sites (tertiary alicyclic amines) is 1. The lowest BCUT2D eigenvalue weighted by molar-refractivity contribution is -0.655. The summed E-state index contributed by atoms with van der Waals surface area (Å²) in [6.07, 6.45) is 9.18. The maximum atomic E-state index is 14.4. The molecular formula is C48H46F6N17O3+. The Morgan fingerprint density at radius 1 is 0.865 bits per heavy atom. The van der Waals surface area contributed by atoms with E-state index in [0.29, 0.717) is 41.0 Å². The number of benzene rings is 2. The highest BCUT2D eigenvalue weighted by atomic mass is 19.3. The van der Waals surface area contributed by atoms with Crippen molar-refractivity contribution in [1.82, 2.24) is 59.4 Å². The first-order valence-corrected chi connectivity index (χ1v) is 23.5. The number of H-pyrrole nitrogens is 2. The SMILES string of the molecule is Cn1c2c(c(-[n+]3cc(-c4ccc(Nc5ncnc(N6CCc7cc(C(=O)N8CC(F)(F)C8)n(C(F)F)c7C6)n5)cc4)c[nH]3)c1C(=O)N(CCF)CCF)CCN(c1nnc(Nc3ccc(-c4cn[nH]c4)cc3)o1)C2. The maximum Gasteiger partial charge on any atom is 0.321 e. The summed E-state index contributed by atoms with van der Waals surface area (Å²) in [5.41, 5.74) is 7.57. The second-order valence-electron chi connectivity index (χ2n) is 18.0. The van der Waals surface area contributed by atoms with Gasteiger partial charge in [0.05, 0.1) is 49.7 Å². The molecule has 0 unspecified atom stereocenters. The summed E-state index contributed by atoms with van der Waals surface area (Å²) in [6.45, 7) is -5.99. The number of alkyl halides is 6. The number of amides is 2. The third-order valence-corrected chi connectivity index (χ3v) is 13.4. The Bertz CT molecular complexity index is 3320. The van der Waals surface area contributed by atoms with E-state index in [9.17, 15) is 35.9 Å². The van der Waals surface area contributed by atoms with Gasteiger partial charge in [-0.3, -0.25) is 19.3 Å². The molecule has 26 heteroatoms. The van der Waals surface area contributed by atoms with Crippen molar-refractivity contribution in [3.8, 4) is 27.9 Å². The average molecular weight is 1020 g/mol. The van der Waals surface area contributed by atoms with Gasteiger partial charge in [0.1, 0.15) is 25.4 Å². The first-order chi connectivity index (χ1) is 35.8. The van der Waals surface area contributed by atoms with Gasteiger partial charge in [-0.2, -0.15) is 24.0 Å². The van der Waals surface area contributed by atoms with Crippen LogP contribution in [0.1, 0.15) is 50.0 Å². The fraction of sp³-hybridized carbons (Fsp3) is 0.312. The number of nitrogens with one attached hydrogen (secondary N) is 4. The van der Waals surface area contributed by atoms with Crippen molar-refractivity contribution in [2.45, 2.75) is 38.4 Å². The highest BCUT2D eigenvalue weighted by Gasteiger charge is 2.48. The molecule has 9 heterocycles. The van der Waals surface area contributed by atoms with Gasteiger partial charge < -0.3 is 39.2 Å². The molecule has 74 heavy (non-hydrogen) atoms. The molecule has 0 bridgehead atoms. The molecule has 20 nitrogen and oxygen atoms in total. The van der Waals surface area contributed by atoms with E-state index in [1.807, 2.05) is 59.6 Å². The Balaban J connectivity index is 0.799. The molecular weight excluding hydrogens is 977 g/mol. The summed E-state index contributed by atoms with van der Waals surface area (Å²) in [5.74, 6) is -4.07. The van der Waals surface area contributed by atoms with Gasteiger partial charge in [0.15, 0.2) is 5.69 Å². The predicted molar refractivity (Wildman–Crippen MR) is 255 cm³/mol. The molecule has 0 radical (unpaired) electrons. The standard InChI is InChI=1S/C48H45F6N17O3/c1-65-38-24-68(47-64-63-46(74-47)61-34-8-2-28(3-9-34)31-19-57-58-20-31)15-11-35(38)39(40(65)42(73)66(16-12-49)17-13-50)70-22-32(21-59-70)29-4-6-33(7-5-29)60-44-55-27-56-45(62-44)67-14-10-30-18-36(71(43(51)52)37(30)23-67)41(72)69-25-48(53,54)26-69/h2-9,18-22,27,43H,10-17,23-26H2,1H3,(H3,55,56,57,58,60,61,62,63)/p+1. The molecule has 0 saturated carbocycles. The van der Waals surface area contributed by atoms with Crippen LogP contribution >= 0.6 is 0 Å². The Hall–Kier alpha value is -8.71. The van der Waals surface area contributed by atoms with Crippen LogP contribution in [-0.2, 0) is 33.0 Å². The topological polar surface area (TPSA) is 207 Å². The summed E-state index contributed by atoms with van der Waals surface area (Å²) >= 11 is 0. The number of nitrogens with zero attached hydrogens (tertiary/aromatic N) is 13. The van der Waals surface area contributed by atoms with E-state index in [2.05, 4.69) is 51.1 Å². The zero-order chi connectivity index (χ0) is 51.3. The Kier molecular flexibility index (Phi) is 12.5. The second-order valence-corrected chi connectivity index (χ2v) is 18.0. The molecule has 0 aliphatic carbocycles. The van der Waals surface area contributed by atoms with Crippen LogP contribution in [0.5, 0.6) is 0 Å². The van der Waals surface area contributed by atoms with Crippen LogP contribution in [-0.4, -0.2) is 130 Å². The fourth-order valence-electron chi connectivity index (χ4n) is 9.67. The average Bonchev–Trinajstić information content (AvgIpc) is 4.27. The zero-order valence-electron chi connectivity index (χ0n) is 39.5. The second kappa shape index (κ2) is 19.4. The van der Waals surface area contributed by atoms with Crippen molar-refractivity contribution >= 4 is 47.1 Å². The minimum atomic E-state index is -3.09. The number of hydrogen-bond donors (Lipinski definition) is 4. The van der Waals surface area contributed by atoms with E-state index in [1.165, 1.54) is 17.3 Å². The molecule has 4 N–H and O–H groups in total. The molecule has 8 aromatic rings. The first-order valence-electron chi connectivity index (χ1n) is 23.5. The fourth-order valence-corrected chi connectivity index (χ4v) is 9.67. The van der Waals surface area contributed by atoms with Gasteiger partial charge in [0.25, 0.3) is 23.4 Å². The molecule has 3 aliphatic heterocycles. The number of aromatic amines is 2. The van der Waals surface area contributed by atoms with Crippen molar-refractivity contribution in [3.63, 3.8) is 0 Å². The van der Waals surface area contributed by atoms with Crippen molar-refractivity contribution in [2.24, 2.45) is 7.05 Å². The molecule has 382 valence electrons. The molecule has 0 atom stereocenters. The number of carbonyl (C=O) groups is 2. The molecule has 1 saturated heterocycles. The number of fused-ring (bicyclic) bond motifs is 2. The molecule has 6 aromatic heterocycles. The molecule has 0 spiro atoms. The van der Waals surface area contributed by atoms with Crippen LogP contribution in [0.25, 0.3) is 27.9 Å². The van der Waals surface area contributed by atoms with Gasteiger partial charge in [0.2, 0.25) is 18.1 Å². The quantitative estimate of drug-likeness (QED) is 0.0601. The van der Waals surface area contributed by atoms with Crippen LogP contribution in [0, 0.1) is 0 Å². The molecule has 11 rings (SSSR count). The van der Waals surface area contributed by atoms with Gasteiger partial charge >= 0.3 is 18.6 Å². The third kappa shape index (κ3) is 9.10. The number of rotatable bonds is 16. The molecule has 3 aliphatic rings. The van der Waals surface area contributed by atoms with Crippen molar-refractivity contribution in [1.29, 1.82) is 0 Å². The molecule has 2 aromatic carbocycles. The summed E-state index contributed by atoms with van der Waals surface area (Å²) in [7, 11) is 1.75. The van der Waals surface area contributed by atoms with Crippen LogP contribution in [0.2, 0.25) is 0 Å². The van der Waals surface area contributed by atoms with Gasteiger partial charge in [0, 0.05) is 67.7 Å². The Labute approximate surface area is 416 Å². The lowest BCUT2D eigenvalue weighted by Crippen LogP contribution is -2.58. The van der Waals surface area contributed by atoms with E-state index >= 15 is 0 Å². The summed E-state index contributed by atoms with van der Waals surface area (Å²) < 4.78 is 93.7. The van der Waals surface area contributed by atoms with E-state index in [1.54, 1.807) is 39.8 Å². The third-order valence-electron chi connectivity index (χ3n) is 13.4. The Morgan fingerprint density at radius 3 is 2.26 bits per heavy atom. The maximum absolute atomic E-state index is 14.4. The lowest BCUT2D eigenvalue weighted by atomic mass is 10.1. The van der Waals surface area contributed by atoms with Gasteiger partial charge in [-0.05, 0) is 59.9 Å². The van der Waals surface area contributed by atoms with Crippen LogP contribution in [0.3, 0.4) is 0 Å². The highest BCUT2D eigenvalue weighted by molar-refractivity contribution is 5.97. The highest BCUT2D eigenvalue weighted by Crippen LogP contribution is 2.36. The van der Waals surface area contributed by atoms with Crippen molar-refractivity contribution in [3.05, 3.63) is 120 Å². The number of halogens is 6. The lowest BCUT2D eigenvalue weighted by Gasteiger charge is -2.38. The predicted octanol–water partition coefficient (Wildman–Crippen LogP) is 6.54. The first kappa shape index (κ1) is 47.6. The van der Waals surface area contributed by atoms with Crippen LogP contribution in [0.15, 0.2) is 90.1 Å². The van der Waals surface area contributed by atoms with Gasteiger partial charge in [-0.1, -0.05) is 39.1 Å². The van der Waals surface area contributed by atoms with Gasteiger partial charge in [-0.25, -0.2) is 27.5 Å². The minimum absolute atomic E-state index is 0.0598. The smallest absolute Gasteiger partial charge is 0.321 e. The number of anilines is 6. The minimum Gasteiger partial charge on any atom is -0.389 e. The van der Waals surface area contributed by atoms with Gasteiger partial charge in [-0.15, -0.1) is 0 Å². The van der Waals surface area contributed by atoms with E-state index < -0.39 is 50.7 Å². The summed E-state index contributed by atoms with van der Waals surface area (Å²) in [5, 5.41) is 24.9. The number of aromatic nitrogens is 11. The summed E-state index contributed by atoms with van der Waals surface area (Å²) in [6, 6.07) is 16.8. The number of hydrogen-bond acceptors (Lipinski definition) is 13. The Morgan fingerprint density at radius 2 is 1.57 bits per heavy atom.